The molecule has 0 aromatic rings. The number of halogens is 8. The monoisotopic (exact) mass is 374 g/mol. The molecule has 0 radical (unpaired) electrons. The van der Waals surface area contributed by atoms with Gasteiger partial charge in [0.05, 0.1) is 13.2 Å². The van der Waals surface area contributed by atoms with Gasteiger partial charge in [-0.05, 0) is 6.92 Å². The van der Waals surface area contributed by atoms with E-state index in [-0.39, 0.29) is 5.57 Å². The van der Waals surface area contributed by atoms with Gasteiger partial charge in [0.25, 0.3) is 0 Å². The fraction of sp³-hybridized carbons (Fsp3) is 0.750. The summed E-state index contributed by atoms with van der Waals surface area (Å²) >= 11 is 0. The highest BCUT2D eigenvalue weighted by molar-refractivity contribution is 5.87. The molecule has 0 fully saturated rings. The van der Waals surface area contributed by atoms with Crippen LogP contribution in [0, 0.1) is 0 Å². The summed E-state index contributed by atoms with van der Waals surface area (Å²) in [6, 6.07) is 0. The number of aliphatic hydroxyl groups is 1. The highest BCUT2D eigenvalue weighted by Gasteiger charge is 2.75. The van der Waals surface area contributed by atoms with Crippen molar-refractivity contribution in [3.05, 3.63) is 12.2 Å². The van der Waals surface area contributed by atoms with Crippen LogP contribution in [0.1, 0.15) is 6.92 Å². The summed E-state index contributed by atoms with van der Waals surface area (Å²) in [4.78, 5) is 11.1. The summed E-state index contributed by atoms with van der Waals surface area (Å²) in [7, 11) is 0. The topological polar surface area (TPSA) is 55.8 Å². The molecule has 0 heterocycles. The van der Waals surface area contributed by atoms with Crippen LogP contribution in [-0.2, 0) is 14.3 Å². The molecule has 1 atom stereocenters. The molecule has 1 N–H and O–H groups in total. The molecule has 12 heteroatoms. The molecule has 0 aromatic carbocycles. The van der Waals surface area contributed by atoms with E-state index in [1.807, 2.05) is 0 Å². The fourth-order valence-electron chi connectivity index (χ4n) is 1.17. The van der Waals surface area contributed by atoms with Crippen LogP contribution in [0.2, 0.25) is 0 Å². The van der Waals surface area contributed by atoms with Crippen LogP contribution < -0.4 is 0 Å². The number of rotatable bonds is 10. The van der Waals surface area contributed by atoms with Crippen LogP contribution in [0.25, 0.3) is 0 Å². The van der Waals surface area contributed by atoms with Crippen molar-refractivity contribution in [2.75, 3.05) is 19.8 Å². The van der Waals surface area contributed by atoms with E-state index in [4.69, 9.17) is 5.11 Å². The molecule has 0 aliphatic rings. The smallest absolute Gasteiger partial charge is 0.380 e. The zero-order chi connectivity index (χ0) is 19.3. The second-order valence-corrected chi connectivity index (χ2v) is 4.71. The molecule has 0 saturated heterocycles. The van der Waals surface area contributed by atoms with Crippen LogP contribution >= 0.6 is 0 Å². The van der Waals surface area contributed by atoms with Crippen molar-refractivity contribution in [1.29, 1.82) is 0 Å². The molecule has 1 unspecified atom stereocenters. The molecule has 142 valence electrons. The van der Waals surface area contributed by atoms with E-state index in [1.54, 1.807) is 0 Å². The molecule has 0 spiro atoms. The number of aliphatic hydroxyl groups excluding tert-OH is 1. The molecule has 0 aliphatic carbocycles. The van der Waals surface area contributed by atoms with Gasteiger partial charge in [0.1, 0.15) is 12.7 Å². The zero-order valence-corrected chi connectivity index (χ0v) is 12.2. The standard InChI is InChI=1S/C12H14F8O4/c1-6(2)8(22)24-7(3-21)4-23-5-10(15,16)12(19,20)11(17,18)9(13)14/h7,9,21H,1,3-5H2,2H3. The third kappa shape index (κ3) is 5.03. The number of hydrogen-bond acceptors (Lipinski definition) is 4. The SMILES string of the molecule is C=C(C)C(=O)OC(CO)COCC(F)(F)C(F)(F)C(F)(F)C(F)F. The van der Waals surface area contributed by atoms with Gasteiger partial charge in [0, 0.05) is 5.57 Å². The van der Waals surface area contributed by atoms with Crippen molar-refractivity contribution in [1.82, 2.24) is 0 Å². The maximum Gasteiger partial charge on any atom is 0.380 e. The summed E-state index contributed by atoms with van der Waals surface area (Å²) in [6.45, 7) is -0.0294. The number of carbonyl (C=O) groups is 1. The largest absolute Gasteiger partial charge is 0.454 e. The van der Waals surface area contributed by atoms with Crippen molar-refractivity contribution >= 4 is 5.97 Å². The Morgan fingerprint density at radius 3 is 2.04 bits per heavy atom. The van der Waals surface area contributed by atoms with Gasteiger partial charge in [-0.2, -0.15) is 26.3 Å². The lowest BCUT2D eigenvalue weighted by Crippen LogP contribution is -2.59. The first kappa shape index (κ1) is 22.6. The second kappa shape index (κ2) is 8.10. The predicted molar refractivity (Wildman–Crippen MR) is 63.4 cm³/mol. The van der Waals surface area contributed by atoms with Crippen molar-refractivity contribution in [2.45, 2.75) is 37.2 Å². The Hall–Kier alpha value is -1.43. The van der Waals surface area contributed by atoms with Crippen molar-refractivity contribution in [3.63, 3.8) is 0 Å². The average Bonchev–Trinajstić information content (AvgIpc) is 2.44. The molecule has 0 aliphatic heterocycles. The summed E-state index contributed by atoms with van der Waals surface area (Å²) in [5, 5.41) is 8.81. The minimum absolute atomic E-state index is 0.137. The average molecular weight is 374 g/mol. The van der Waals surface area contributed by atoms with E-state index in [2.05, 4.69) is 16.1 Å². The Morgan fingerprint density at radius 1 is 1.17 bits per heavy atom. The number of carbonyl (C=O) groups excluding carboxylic acids is 1. The van der Waals surface area contributed by atoms with E-state index in [9.17, 15) is 39.9 Å². The summed E-state index contributed by atoms with van der Waals surface area (Å²) in [5.74, 6) is -19.4. The van der Waals surface area contributed by atoms with Gasteiger partial charge in [-0.1, -0.05) is 6.58 Å². The molecule has 0 amide bonds. The molecule has 0 bridgehead atoms. The summed E-state index contributed by atoms with van der Waals surface area (Å²) in [5.41, 5.74) is -0.137. The van der Waals surface area contributed by atoms with Gasteiger partial charge in [-0.25, -0.2) is 13.6 Å². The van der Waals surface area contributed by atoms with Crippen LogP contribution in [0.3, 0.4) is 0 Å². The highest BCUT2D eigenvalue weighted by atomic mass is 19.4. The van der Waals surface area contributed by atoms with E-state index >= 15 is 0 Å². The first-order valence-electron chi connectivity index (χ1n) is 6.17. The first-order valence-corrected chi connectivity index (χ1v) is 6.17. The summed E-state index contributed by atoms with van der Waals surface area (Å²) in [6.07, 6.45) is -6.60. The van der Waals surface area contributed by atoms with Gasteiger partial charge in [-0.15, -0.1) is 0 Å². The van der Waals surface area contributed by atoms with Crippen molar-refractivity contribution < 1.29 is 54.5 Å². The molecular formula is C12H14F8O4. The van der Waals surface area contributed by atoms with Gasteiger partial charge >= 0.3 is 30.2 Å². The lowest BCUT2D eigenvalue weighted by atomic mass is 10.1. The van der Waals surface area contributed by atoms with E-state index in [1.165, 1.54) is 6.92 Å². The normalized spacial score (nSPS) is 14.6. The Bertz CT molecular complexity index is 452. The van der Waals surface area contributed by atoms with Gasteiger partial charge in [-0.3, -0.25) is 0 Å². The minimum atomic E-state index is -6.39. The lowest BCUT2D eigenvalue weighted by molar-refractivity contribution is -0.346. The molecule has 0 aromatic heterocycles. The predicted octanol–water partition coefficient (Wildman–Crippen LogP) is 2.65. The Kier molecular flexibility index (Phi) is 7.62. The fourth-order valence-corrected chi connectivity index (χ4v) is 1.17. The van der Waals surface area contributed by atoms with Crippen LogP contribution in [-0.4, -0.2) is 61.2 Å². The van der Waals surface area contributed by atoms with Gasteiger partial charge in [0.15, 0.2) is 0 Å². The van der Waals surface area contributed by atoms with Crippen LogP contribution in [0.5, 0.6) is 0 Å². The zero-order valence-electron chi connectivity index (χ0n) is 12.2. The minimum Gasteiger partial charge on any atom is -0.454 e. The number of hydrogen-bond donors (Lipinski definition) is 1. The lowest BCUT2D eigenvalue weighted by Gasteiger charge is -2.32. The van der Waals surface area contributed by atoms with Gasteiger partial charge in [0.2, 0.25) is 0 Å². The molecule has 24 heavy (non-hydrogen) atoms. The van der Waals surface area contributed by atoms with E-state index < -0.39 is 56.1 Å². The molecule has 4 nitrogen and oxygen atoms in total. The third-order valence-corrected chi connectivity index (χ3v) is 2.56. The Labute approximate surface area is 131 Å². The van der Waals surface area contributed by atoms with E-state index in [0.717, 1.165) is 0 Å². The second-order valence-electron chi connectivity index (χ2n) is 4.71. The van der Waals surface area contributed by atoms with E-state index in [0.29, 0.717) is 0 Å². The maximum absolute atomic E-state index is 13.1. The highest BCUT2D eigenvalue weighted by Crippen LogP contribution is 2.48. The number of alkyl halides is 8. The summed E-state index contributed by atoms with van der Waals surface area (Å²) < 4.78 is 109. The molecular weight excluding hydrogens is 360 g/mol. The number of esters is 1. The Balaban J connectivity index is 4.83. The van der Waals surface area contributed by atoms with Crippen molar-refractivity contribution in [2.24, 2.45) is 0 Å². The molecule has 0 saturated carbocycles. The first-order chi connectivity index (χ1) is 10.7. The number of ether oxygens (including phenoxy) is 2. The van der Waals surface area contributed by atoms with Crippen LogP contribution in [0.4, 0.5) is 35.1 Å². The Morgan fingerprint density at radius 2 is 1.67 bits per heavy atom. The van der Waals surface area contributed by atoms with Gasteiger partial charge < -0.3 is 14.6 Å². The maximum atomic E-state index is 13.1. The molecule has 0 rings (SSSR count). The quantitative estimate of drug-likeness (QED) is 0.363. The van der Waals surface area contributed by atoms with Crippen molar-refractivity contribution in [3.8, 4) is 0 Å². The van der Waals surface area contributed by atoms with Crippen LogP contribution in [0.15, 0.2) is 12.2 Å². The third-order valence-electron chi connectivity index (χ3n) is 2.56.